The molecule has 0 aromatic heterocycles. The molecule has 5 aliphatic heterocycles. The quantitative estimate of drug-likeness (QED) is 0.163. The van der Waals surface area contributed by atoms with Crippen LogP contribution in [0.2, 0.25) is 0 Å². The highest BCUT2D eigenvalue weighted by Crippen LogP contribution is 2.66. The molecule has 7 aliphatic rings. The van der Waals surface area contributed by atoms with Gasteiger partial charge in [-0.2, -0.15) is 0 Å². The zero-order chi connectivity index (χ0) is 51.2. The SMILES string of the molecule is CC1(C)OB(c2ccc([C@H]3CC34CCN(C(=O)[C@H]3CCCO3)CC4)cc2)OC1(C)C.Cc1cc(C(=O)O)ccc1-c1ccc([C@H]2CC23CCN(C(=O)[C@H]2CCCO2)CC3)cc1.Cc1cc(C(=O)O)ccc1Br. The smallest absolute Gasteiger partial charge is 0.478 e. The van der Waals surface area contributed by atoms with Gasteiger partial charge >= 0.3 is 19.1 Å². The normalized spacial score (nSPS) is 25.0. The van der Waals surface area contributed by atoms with Crippen molar-refractivity contribution in [2.45, 2.75) is 141 Å². The number of carboxylic acid groups (broad SMARTS) is 2. The first-order valence-electron chi connectivity index (χ1n) is 26.0. The molecule has 5 heterocycles. The average molecular weight is 1050 g/mol. The van der Waals surface area contributed by atoms with Gasteiger partial charge in [-0.05, 0) is 198 Å². The predicted molar refractivity (Wildman–Crippen MR) is 281 cm³/mol. The maximum Gasteiger partial charge on any atom is 0.494 e. The molecule has 2 spiro atoms. The number of amides is 2. The molecule has 0 bridgehead atoms. The third-order valence-electron chi connectivity index (χ3n) is 17.3. The minimum atomic E-state index is -0.896. The number of aryl methyl sites for hydroxylation is 2. The van der Waals surface area contributed by atoms with Crippen molar-refractivity contribution < 1.29 is 48.2 Å². The predicted octanol–water partition coefficient (Wildman–Crippen LogP) is 10.4. The number of halogens is 1. The summed E-state index contributed by atoms with van der Waals surface area (Å²) in [5.74, 6) is -0.181. The van der Waals surface area contributed by atoms with E-state index in [1.54, 1.807) is 30.3 Å². The van der Waals surface area contributed by atoms with Gasteiger partial charge in [-0.25, -0.2) is 9.59 Å². The second-order valence-electron chi connectivity index (χ2n) is 22.4. The van der Waals surface area contributed by atoms with Crippen molar-refractivity contribution in [3.05, 3.63) is 123 Å². The van der Waals surface area contributed by atoms with E-state index in [0.717, 1.165) is 123 Å². The van der Waals surface area contributed by atoms with Gasteiger partial charge in [0.2, 0.25) is 0 Å². The highest BCUT2D eigenvalue weighted by Gasteiger charge is 2.57. The fourth-order valence-electron chi connectivity index (χ4n) is 11.7. The number of hydrogen-bond donors (Lipinski definition) is 2. The van der Waals surface area contributed by atoms with E-state index in [4.69, 9.17) is 29.0 Å². The van der Waals surface area contributed by atoms with E-state index >= 15 is 0 Å². The fourth-order valence-corrected chi connectivity index (χ4v) is 11.9. The van der Waals surface area contributed by atoms with Crippen LogP contribution in [0.15, 0.2) is 89.4 Å². The van der Waals surface area contributed by atoms with Crippen molar-refractivity contribution in [2.24, 2.45) is 10.8 Å². The van der Waals surface area contributed by atoms with E-state index < -0.39 is 11.9 Å². The van der Waals surface area contributed by atoms with E-state index in [-0.39, 0.29) is 42.3 Å². The largest absolute Gasteiger partial charge is 0.494 e. The molecule has 2 amide bonds. The van der Waals surface area contributed by atoms with Crippen molar-refractivity contribution in [1.29, 1.82) is 0 Å². The Kier molecular flexibility index (Phi) is 15.0. The van der Waals surface area contributed by atoms with Crippen LogP contribution in [0.3, 0.4) is 0 Å². The van der Waals surface area contributed by atoms with Crippen LogP contribution in [0, 0.1) is 24.7 Å². The van der Waals surface area contributed by atoms with Gasteiger partial charge in [0.05, 0.1) is 22.3 Å². The number of nitrogens with zero attached hydrogens (tertiary/aromatic N) is 2. The molecule has 2 aliphatic carbocycles. The average Bonchev–Trinajstić information content (AvgIpc) is 3.88. The highest BCUT2D eigenvalue weighted by atomic mass is 79.9. The van der Waals surface area contributed by atoms with Crippen molar-refractivity contribution in [2.75, 3.05) is 39.4 Å². The Morgan fingerprint density at radius 2 is 1.03 bits per heavy atom. The first-order chi connectivity index (χ1) is 34.3. The van der Waals surface area contributed by atoms with Crippen LogP contribution in [0.4, 0.5) is 0 Å². The number of ether oxygens (including phenoxy) is 2. The monoisotopic (exact) mass is 1040 g/mol. The second-order valence-corrected chi connectivity index (χ2v) is 23.2. The molecule has 0 unspecified atom stereocenters. The number of hydrogen-bond acceptors (Lipinski definition) is 8. The Morgan fingerprint density at radius 3 is 1.43 bits per heavy atom. The zero-order valence-corrected chi connectivity index (χ0v) is 44.3. The number of carboxylic acids is 2. The summed E-state index contributed by atoms with van der Waals surface area (Å²) in [5.41, 5.74) is 8.73. The van der Waals surface area contributed by atoms with E-state index in [0.29, 0.717) is 33.8 Å². The summed E-state index contributed by atoms with van der Waals surface area (Å²) in [6, 6.07) is 27.8. The molecule has 72 heavy (non-hydrogen) atoms. The van der Waals surface area contributed by atoms with Gasteiger partial charge in [-0.3, -0.25) is 9.59 Å². The lowest BCUT2D eigenvalue weighted by molar-refractivity contribution is -0.143. The number of aromatic carboxylic acids is 2. The Bertz CT molecular complexity index is 2630. The van der Waals surface area contributed by atoms with Crippen molar-refractivity contribution in [1.82, 2.24) is 9.80 Å². The topological polar surface area (TPSA) is 152 Å². The lowest BCUT2D eigenvalue weighted by Crippen LogP contribution is -2.44. The van der Waals surface area contributed by atoms with Crippen LogP contribution < -0.4 is 5.46 Å². The molecule has 382 valence electrons. The zero-order valence-electron chi connectivity index (χ0n) is 42.7. The van der Waals surface area contributed by atoms with Crippen molar-refractivity contribution in [3.8, 4) is 11.1 Å². The van der Waals surface area contributed by atoms with E-state index in [1.165, 1.54) is 24.0 Å². The molecule has 4 aromatic rings. The van der Waals surface area contributed by atoms with Gasteiger partial charge in [0.25, 0.3) is 11.8 Å². The van der Waals surface area contributed by atoms with Crippen LogP contribution in [0.1, 0.15) is 147 Å². The molecule has 14 heteroatoms. The standard InChI is InChI=1S/C26H29NO4.C24H34BNO4.C8H7BrO2/c1-17-15-20(25(29)30)8-9-21(17)18-4-6-19(7-5-18)22-16-26(22)10-12-27(13-11-26)24(28)23-3-2-14-31-23;1-22(2)23(3,4)30-25(29-22)18-9-7-17(8-10-18)19-16-24(19)11-13-26(14-12-24)21(27)20-6-5-15-28-20;1-5-4-6(8(10)11)2-3-7(5)9/h4-9,15,22-23H,2-3,10-14,16H2,1H3,(H,29,30);7-10,19-20H,5-6,11-16H2,1-4H3;2-4H,1H3,(H,10,11)/t22-,23-;19-,20-;/m11./s1. The molecule has 4 aromatic carbocycles. The van der Waals surface area contributed by atoms with Gasteiger partial charge in [-0.1, -0.05) is 70.5 Å². The molecular formula is C58H70BBrN2O10. The Labute approximate surface area is 433 Å². The summed E-state index contributed by atoms with van der Waals surface area (Å²) >= 11 is 3.29. The summed E-state index contributed by atoms with van der Waals surface area (Å²) < 4.78 is 24.5. The number of benzene rings is 4. The fraction of sp³-hybridized carbons (Fsp3) is 0.517. The van der Waals surface area contributed by atoms with E-state index in [1.807, 2.05) is 29.7 Å². The lowest BCUT2D eigenvalue weighted by atomic mass is 9.78. The second kappa shape index (κ2) is 20.8. The molecule has 2 N–H and O–H groups in total. The molecule has 0 radical (unpaired) electrons. The first kappa shape index (κ1) is 52.0. The van der Waals surface area contributed by atoms with Crippen LogP contribution in [-0.4, -0.2) is 114 Å². The Hall–Kier alpha value is -4.86. The van der Waals surface area contributed by atoms with Gasteiger partial charge in [0.15, 0.2) is 0 Å². The number of piperidine rings is 2. The van der Waals surface area contributed by atoms with E-state index in [2.05, 4.69) is 92.2 Å². The summed E-state index contributed by atoms with van der Waals surface area (Å²) in [4.78, 5) is 50.9. The molecule has 7 fully saturated rings. The maximum atomic E-state index is 12.6. The van der Waals surface area contributed by atoms with Gasteiger partial charge in [-0.15, -0.1) is 0 Å². The molecular weight excluding hydrogens is 975 g/mol. The summed E-state index contributed by atoms with van der Waals surface area (Å²) in [5, 5.41) is 17.8. The van der Waals surface area contributed by atoms with E-state index in [9.17, 15) is 19.2 Å². The van der Waals surface area contributed by atoms with Gasteiger partial charge < -0.3 is 38.8 Å². The number of rotatable bonds is 8. The summed E-state index contributed by atoms with van der Waals surface area (Å²) in [6.45, 7) is 17.1. The number of carbonyl (C=O) groups is 4. The molecule has 11 rings (SSSR count). The Morgan fingerprint density at radius 1 is 0.597 bits per heavy atom. The third kappa shape index (κ3) is 11.0. The van der Waals surface area contributed by atoms with Crippen LogP contribution >= 0.6 is 15.9 Å². The molecule has 5 saturated heterocycles. The van der Waals surface area contributed by atoms with Crippen LogP contribution in [-0.2, 0) is 28.4 Å². The molecule has 4 atom stereocenters. The van der Waals surface area contributed by atoms with Crippen LogP contribution in [0.5, 0.6) is 0 Å². The third-order valence-corrected chi connectivity index (χ3v) is 18.2. The van der Waals surface area contributed by atoms with Crippen molar-refractivity contribution >= 4 is 52.3 Å². The van der Waals surface area contributed by atoms with Gasteiger partial charge in [0, 0.05) is 43.9 Å². The van der Waals surface area contributed by atoms with Crippen molar-refractivity contribution in [3.63, 3.8) is 0 Å². The molecule has 12 nitrogen and oxygen atoms in total. The summed E-state index contributed by atoms with van der Waals surface area (Å²) in [7, 11) is -0.302. The number of likely N-dealkylation sites (tertiary alicyclic amines) is 2. The number of carbonyl (C=O) groups excluding carboxylic acids is 2. The molecule has 2 saturated carbocycles. The van der Waals surface area contributed by atoms with Crippen LogP contribution in [0.25, 0.3) is 11.1 Å². The maximum absolute atomic E-state index is 12.6. The summed E-state index contributed by atoms with van der Waals surface area (Å²) in [6.07, 6.45) is 10.2. The van der Waals surface area contributed by atoms with Gasteiger partial charge in [0.1, 0.15) is 12.2 Å². The minimum Gasteiger partial charge on any atom is -0.478 e. The highest BCUT2D eigenvalue weighted by molar-refractivity contribution is 9.10. The Balaban J connectivity index is 0.000000147. The first-order valence-corrected chi connectivity index (χ1v) is 26.8. The lowest BCUT2D eigenvalue weighted by Gasteiger charge is -2.34. The minimum absolute atomic E-state index is 0.184.